The first-order valence-electron chi connectivity index (χ1n) is 13.7. The fourth-order valence-corrected chi connectivity index (χ4v) is 9.17. The average molecular weight is 585 g/mol. The number of hydrogen-bond acceptors (Lipinski definition) is 0. The first-order valence-corrected chi connectivity index (χ1v) is 13.7. The lowest BCUT2D eigenvalue weighted by molar-refractivity contribution is -0.0696. The summed E-state index contributed by atoms with van der Waals surface area (Å²) in [6.45, 7) is 0. The van der Waals surface area contributed by atoms with Crippen molar-refractivity contribution in [2.45, 2.75) is 60.2 Å². The Morgan fingerprint density at radius 1 is 0.286 bits per heavy atom. The average Bonchev–Trinajstić information content (AvgIpc) is 2.94. The summed E-state index contributed by atoms with van der Waals surface area (Å²) in [7, 11) is 0. The molecule has 0 aliphatic heterocycles. The fraction of sp³-hybridized carbons (Fsp3) is 0.294. The van der Waals surface area contributed by atoms with Crippen LogP contribution < -0.4 is 0 Å². The normalized spacial score (nSPS) is 29.7. The molecule has 0 aromatic heterocycles. The quantitative estimate of drug-likeness (QED) is 0.210. The van der Waals surface area contributed by atoms with Gasteiger partial charge in [0, 0.05) is 0 Å². The van der Waals surface area contributed by atoms with Crippen molar-refractivity contribution in [3.63, 3.8) is 0 Å². The van der Waals surface area contributed by atoms with Crippen LogP contribution in [0.3, 0.4) is 0 Å². The first kappa shape index (κ1) is 27.2. The van der Waals surface area contributed by atoms with E-state index in [0.29, 0.717) is 60.8 Å². The molecule has 0 atom stereocenters. The molecule has 0 amide bonds. The zero-order valence-electron chi connectivity index (χ0n) is 22.2. The van der Waals surface area contributed by atoms with E-state index in [4.69, 9.17) is 0 Å². The summed E-state index contributed by atoms with van der Waals surface area (Å²) >= 11 is 0. The molecule has 8 rings (SSSR count). The van der Waals surface area contributed by atoms with E-state index < -0.39 is 68.2 Å². The Hall–Kier alpha value is -3.68. The highest BCUT2D eigenvalue weighted by molar-refractivity contribution is 5.50. The molecule has 4 aromatic carbocycles. The summed E-state index contributed by atoms with van der Waals surface area (Å²) in [6, 6.07) is 14.6. The summed E-state index contributed by atoms with van der Waals surface area (Å²) < 4.78 is 116. The lowest BCUT2D eigenvalue weighted by Gasteiger charge is -2.71. The standard InChI is InChI=1S/C34H24F8/c35-23-5-1-19(9-27(23)39)31-13-32(20-2-6-24(36)28(40)10-20)16-33(14-31,21-3-7-25(37)29(41)11-21)18-34(15-31,17-32)22-4-8-26(38)30(42)12-22/h1-12H,13-18H2. The summed E-state index contributed by atoms with van der Waals surface area (Å²) in [5, 5.41) is 0. The lowest BCUT2D eigenvalue weighted by Crippen LogP contribution is -2.67. The molecule has 0 N–H and O–H groups in total. The summed E-state index contributed by atoms with van der Waals surface area (Å²) in [6.07, 6.45) is 2.04. The second kappa shape index (κ2) is 8.91. The highest BCUT2D eigenvalue weighted by Gasteiger charge is 2.69. The minimum atomic E-state index is -1.06. The molecule has 4 bridgehead atoms. The van der Waals surface area contributed by atoms with Crippen molar-refractivity contribution in [2.75, 3.05) is 0 Å². The maximum Gasteiger partial charge on any atom is 0.159 e. The highest BCUT2D eigenvalue weighted by atomic mass is 19.2. The van der Waals surface area contributed by atoms with Crippen molar-refractivity contribution < 1.29 is 35.1 Å². The zero-order chi connectivity index (χ0) is 29.7. The van der Waals surface area contributed by atoms with E-state index in [2.05, 4.69) is 0 Å². The van der Waals surface area contributed by atoms with Crippen molar-refractivity contribution in [2.24, 2.45) is 0 Å². The number of benzene rings is 4. The molecule has 0 saturated heterocycles. The third-order valence-electron chi connectivity index (χ3n) is 10.2. The van der Waals surface area contributed by atoms with Crippen LogP contribution in [0.5, 0.6) is 0 Å². The van der Waals surface area contributed by atoms with Crippen LogP contribution in [0.2, 0.25) is 0 Å². The van der Waals surface area contributed by atoms with E-state index in [1.54, 1.807) is 0 Å². The van der Waals surface area contributed by atoms with Crippen LogP contribution in [-0.2, 0) is 21.7 Å². The smallest absolute Gasteiger partial charge is 0.159 e. The summed E-state index contributed by atoms with van der Waals surface area (Å²) in [5.41, 5.74) is -1.79. The second-order valence-electron chi connectivity index (χ2n) is 12.7. The van der Waals surface area contributed by atoms with E-state index in [1.807, 2.05) is 0 Å². The Morgan fingerprint density at radius 2 is 0.476 bits per heavy atom. The van der Waals surface area contributed by atoms with E-state index in [9.17, 15) is 35.1 Å². The Bertz CT molecular complexity index is 1470. The molecular weight excluding hydrogens is 560 g/mol. The maximum absolute atomic E-state index is 14.8. The predicted octanol–water partition coefficient (Wildman–Crippen LogP) is 9.23. The largest absolute Gasteiger partial charge is 0.204 e. The van der Waals surface area contributed by atoms with Crippen LogP contribution in [0.15, 0.2) is 72.8 Å². The molecule has 4 aliphatic carbocycles. The molecular formula is C34H24F8. The monoisotopic (exact) mass is 584 g/mol. The third-order valence-corrected chi connectivity index (χ3v) is 10.2. The Labute approximate surface area is 237 Å². The number of hydrogen-bond donors (Lipinski definition) is 0. The van der Waals surface area contributed by atoms with Gasteiger partial charge < -0.3 is 0 Å². The predicted molar refractivity (Wildman–Crippen MR) is 140 cm³/mol. The van der Waals surface area contributed by atoms with Crippen molar-refractivity contribution in [3.8, 4) is 0 Å². The van der Waals surface area contributed by atoms with Gasteiger partial charge in [-0.25, -0.2) is 35.1 Å². The minimum absolute atomic E-state index is 0.340. The summed E-state index contributed by atoms with van der Waals surface area (Å²) in [5.74, 6) is -8.40. The highest BCUT2D eigenvalue weighted by Crippen LogP contribution is 2.74. The van der Waals surface area contributed by atoms with Gasteiger partial charge in [0.15, 0.2) is 46.5 Å². The van der Waals surface area contributed by atoms with Crippen LogP contribution in [0.4, 0.5) is 35.1 Å². The number of halogens is 8. The van der Waals surface area contributed by atoms with Crippen LogP contribution >= 0.6 is 0 Å². The minimum Gasteiger partial charge on any atom is -0.204 e. The van der Waals surface area contributed by atoms with Crippen LogP contribution in [0, 0.1) is 46.5 Å². The van der Waals surface area contributed by atoms with Gasteiger partial charge >= 0.3 is 0 Å². The van der Waals surface area contributed by atoms with Gasteiger partial charge in [-0.2, -0.15) is 0 Å². The molecule has 216 valence electrons. The SMILES string of the molecule is Fc1ccc(C23CC4(c5ccc(F)c(F)c5)CC(c5ccc(F)c(F)c5)(C2)CC(c2ccc(F)c(F)c2)(C3)C4)cc1F. The molecule has 42 heavy (non-hydrogen) atoms. The van der Waals surface area contributed by atoms with Crippen molar-refractivity contribution in [3.05, 3.63) is 142 Å². The molecule has 0 unspecified atom stereocenters. The second-order valence-corrected chi connectivity index (χ2v) is 12.7. The van der Waals surface area contributed by atoms with Crippen LogP contribution in [0.25, 0.3) is 0 Å². The Morgan fingerprint density at radius 3 is 0.643 bits per heavy atom. The molecule has 4 saturated carbocycles. The van der Waals surface area contributed by atoms with Gasteiger partial charge in [-0.3, -0.25) is 0 Å². The van der Waals surface area contributed by atoms with Crippen molar-refractivity contribution >= 4 is 0 Å². The molecule has 4 aliphatic rings. The fourth-order valence-electron chi connectivity index (χ4n) is 9.17. The van der Waals surface area contributed by atoms with Crippen molar-refractivity contribution in [1.82, 2.24) is 0 Å². The van der Waals surface area contributed by atoms with Gasteiger partial charge in [0.2, 0.25) is 0 Å². The number of rotatable bonds is 4. The lowest BCUT2D eigenvalue weighted by atomic mass is 9.32. The molecule has 0 heterocycles. The van der Waals surface area contributed by atoms with Crippen molar-refractivity contribution in [1.29, 1.82) is 0 Å². The van der Waals surface area contributed by atoms with Gasteiger partial charge in [0.25, 0.3) is 0 Å². The molecule has 0 nitrogen and oxygen atoms in total. The van der Waals surface area contributed by atoms with E-state index in [0.717, 1.165) is 48.5 Å². The zero-order valence-corrected chi connectivity index (χ0v) is 22.2. The molecule has 4 fully saturated rings. The van der Waals surface area contributed by atoms with Gasteiger partial charge in [-0.1, -0.05) is 24.3 Å². The molecule has 0 spiro atoms. The van der Waals surface area contributed by atoms with Crippen LogP contribution in [0.1, 0.15) is 60.8 Å². The van der Waals surface area contributed by atoms with E-state index in [1.165, 1.54) is 24.3 Å². The van der Waals surface area contributed by atoms with Crippen LogP contribution in [-0.4, -0.2) is 0 Å². The van der Waals surface area contributed by atoms with E-state index >= 15 is 0 Å². The topological polar surface area (TPSA) is 0 Å². The Balaban J connectivity index is 1.55. The molecule has 8 heteroatoms. The van der Waals surface area contributed by atoms with Gasteiger partial charge in [-0.05, 0) is 131 Å². The third kappa shape index (κ3) is 3.86. The molecule has 4 aromatic rings. The molecule has 0 radical (unpaired) electrons. The van der Waals surface area contributed by atoms with Gasteiger partial charge in [0.1, 0.15) is 0 Å². The first-order chi connectivity index (χ1) is 19.9. The van der Waals surface area contributed by atoms with Gasteiger partial charge in [0.05, 0.1) is 0 Å². The summed E-state index contributed by atoms with van der Waals surface area (Å²) in [4.78, 5) is 0. The Kier molecular flexibility index (Phi) is 5.77. The van der Waals surface area contributed by atoms with Gasteiger partial charge in [-0.15, -0.1) is 0 Å². The van der Waals surface area contributed by atoms with E-state index in [-0.39, 0.29) is 0 Å². The maximum atomic E-state index is 14.8.